The highest BCUT2D eigenvalue weighted by atomic mass is 16.1. The largest absolute Gasteiger partial charge is 0.300 e. The van der Waals surface area contributed by atoms with Crippen LogP contribution in [-0.4, -0.2) is 11.6 Å². The Kier molecular flexibility index (Phi) is 2.24. The van der Waals surface area contributed by atoms with Crippen LogP contribution in [0.15, 0.2) is 0 Å². The predicted octanol–water partition coefficient (Wildman–Crippen LogP) is 2.36. The van der Waals surface area contributed by atoms with E-state index in [1.54, 1.807) is 0 Å². The average molecular weight is 194 g/mol. The molecule has 2 aliphatic rings. The van der Waals surface area contributed by atoms with Crippen LogP contribution in [0.4, 0.5) is 0 Å². The molecule has 2 saturated carbocycles. The Morgan fingerprint density at radius 1 is 1.29 bits per heavy atom. The summed E-state index contributed by atoms with van der Waals surface area (Å²) >= 11 is 0. The van der Waals surface area contributed by atoms with Crippen LogP contribution in [0.2, 0.25) is 0 Å². The van der Waals surface area contributed by atoms with Gasteiger partial charge in [0.2, 0.25) is 0 Å². The molecule has 0 amide bonds. The molecule has 0 aliphatic heterocycles. The van der Waals surface area contributed by atoms with Gasteiger partial charge in [-0.25, -0.2) is 0 Å². The van der Waals surface area contributed by atoms with E-state index in [2.05, 4.69) is 6.92 Å². The number of carbonyl (C=O) groups excluding carboxylic acids is 2. The summed E-state index contributed by atoms with van der Waals surface area (Å²) in [6.07, 6.45) is 3.93. The van der Waals surface area contributed by atoms with Gasteiger partial charge >= 0.3 is 0 Å². The van der Waals surface area contributed by atoms with Gasteiger partial charge in [-0.2, -0.15) is 0 Å². The van der Waals surface area contributed by atoms with Gasteiger partial charge in [0, 0.05) is 25.2 Å². The summed E-state index contributed by atoms with van der Waals surface area (Å²) in [6.45, 7) is 4.23. The third-order valence-corrected chi connectivity index (χ3v) is 4.28. The Labute approximate surface area is 85.1 Å². The Bertz CT molecular complexity index is 282. The molecular weight excluding hydrogens is 176 g/mol. The summed E-state index contributed by atoms with van der Waals surface area (Å²) in [5.74, 6) is 1.44. The van der Waals surface area contributed by atoms with Gasteiger partial charge in [0.15, 0.2) is 0 Å². The molecule has 0 aromatic heterocycles. The van der Waals surface area contributed by atoms with Crippen molar-refractivity contribution in [3.05, 3.63) is 0 Å². The van der Waals surface area contributed by atoms with Gasteiger partial charge < -0.3 is 0 Å². The van der Waals surface area contributed by atoms with Crippen molar-refractivity contribution in [1.29, 1.82) is 0 Å². The lowest BCUT2D eigenvalue weighted by Gasteiger charge is -2.47. The molecule has 2 fully saturated rings. The van der Waals surface area contributed by atoms with Crippen LogP contribution in [0.5, 0.6) is 0 Å². The second-order valence-corrected chi connectivity index (χ2v) is 5.27. The fourth-order valence-corrected chi connectivity index (χ4v) is 3.32. The number of carbonyl (C=O) groups is 2. The Morgan fingerprint density at radius 3 is 2.71 bits per heavy atom. The number of hydrogen-bond acceptors (Lipinski definition) is 2. The van der Waals surface area contributed by atoms with Crippen molar-refractivity contribution in [3.8, 4) is 0 Å². The summed E-state index contributed by atoms with van der Waals surface area (Å²) in [4.78, 5) is 23.0. The molecule has 14 heavy (non-hydrogen) atoms. The van der Waals surface area contributed by atoms with E-state index in [0.29, 0.717) is 36.7 Å². The summed E-state index contributed by atoms with van der Waals surface area (Å²) in [6, 6.07) is 0. The van der Waals surface area contributed by atoms with Gasteiger partial charge in [-0.15, -0.1) is 0 Å². The number of fused-ring (bicyclic) bond motifs is 1. The minimum absolute atomic E-state index is 0.128. The Hall–Kier alpha value is -0.660. The highest BCUT2D eigenvalue weighted by Crippen LogP contribution is 2.50. The fourth-order valence-electron chi connectivity index (χ4n) is 3.32. The molecule has 0 heterocycles. The first-order valence-corrected chi connectivity index (χ1v) is 5.57. The van der Waals surface area contributed by atoms with Gasteiger partial charge in [-0.3, -0.25) is 9.59 Å². The van der Waals surface area contributed by atoms with Gasteiger partial charge in [0.05, 0.1) is 0 Å². The van der Waals surface area contributed by atoms with Crippen molar-refractivity contribution < 1.29 is 9.59 Å². The molecule has 0 N–H and O–H groups in total. The second kappa shape index (κ2) is 3.18. The minimum Gasteiger partial charge on any atom is -0.300 e. The standard InChI is InChI=1S/C12H18O2/c1-8-10-4-3-9(13)7-12(10,2)6-5-11(8)14/h8,10H,3-7H2,1-2H3/t8-,10-,12-/m0/s1. The van der Waals surface area contributed by atoms with Crippen molar-refractivity contribution in [2.45, 2.75) is 46.0 Å². The van der Waals surface area contributed by atoms with Crippen molar-refractivity contribution >= 4 is 11.6 Å². The van der Waals surface area contributed by atoms with Crippen LogP contribution in [0, 0.1) is 17.3 Å². The quantitative estimate of drug-likeness (QED) is 0.593. The molecule has 3 atom stereocenters. The molecule has 0 spiro atoms. The van der Waals surface area contributed by atoms with E-state index in [9.17, 15) is 9.59 Å². The van der Waals surface area contributed by atoms with Crippen LogP contribution < -0.4 is 0 Å². The Balaban J connectivity index is 2.23. The summed E-state index contributed by atoms with van der Waals surface area (Å²) in [5.41, 5.74) is 0.128. The third-order valence-electron chi connectivity index (χ3n) is 4.28. The van der Waals surface area contributed by atoms with Crippen LogP contribution in [0.25, 0.3) is 0 Å². The van der Waals surface area contributed by atoms with E-state index in [0.717, 1.165) is 12.8 Å². The van der Waals surface area contributed by atoms with Gasteiger partial charge in [-0.1, -0.05) is 13.8 Å². The number of ketones is 2. The van der Waals surface area contributed by atoms with E-state index < -0.39 is 0 Å². The zero-order valence-electron chi connectivity index (χ0n) is 9.01. The smallest absolute Gasteiger partial charge is 0.136 e. The molecular formula is C12H18O2. The molecule has 0 radical (unpaired) electrons. The molecule has 0 aromatic rings. The zero-order valence-corrected chi connectivity index (χ0v) is 9.01. The van der Waals surface area contributed by atoms with Gasteiger partial charge in [-0.05, 0) is 24.2 Å². The van der Waals surface area contributed by atoms with E-state index in [1.165, 1.54) is 0 Å². The number of rotatable bonds is 0. The van der Waals surface area contributed by atoms with Crippen molar-refractivity contribution in [2.75, 3.05) is 0 Å². The summed E-state index contributed by atoms with van der Waals surface area (Å²) in [5, 5.41) is 0. The normalized spacial score (nSPS) is 43.6. The predicted molar refractivity (Wildman–Crippen MR) is 53.9 cm³/mol. The highest BCUT2D eigenvalue weighted by molar-refractivity contribution is 5.84. The van der Waals surface area contributed by atoms with Crippen molar-refractivity contribution in [1.82, 2.24) is 0 Å². The molecule has 0 bridgehead atoms. The minimum atomic E-state index is 0.128. The molecule has 78 valence electrons. The van der Waals surface area contributed by atoms with Crippen LogP contribution in [-0.2, 0) is 9.59 Å². The Morgan fingerprint density at radius 2 is 2.00 bits per heavy atom. The van der Waals surface area contributed by atoms with Crippen LogP contribution >= 0.6 is 0 Å². The SMILES string of the molecule is C[C@@H]1C(=O)CC[C@@]2(C)CC(=O)CC[C@@H]12. The molecule has 2 heteroatoms. The maximum atomic E-state index is 11.6. The molecule has 0 unspecified atom stereocenters. The van der Waals surface area contributed by atoms with Crippen molar-refractivity contribution in [2.24, 2.45) is 17.3 Å². The zero-order chi connectivity index (χ0) is 10.3. The van der Waals surface area contributed by atoms with E-state index in [-0.39, 0.29) is 11.3 Å². The monoisotopic (exact) mass is 194 g/mol. The lowest BCUT2D eigenvalue weighted by Crippen LogP contribution is -2.44. The summed E-state index contributed by atoms with van der Waals surface area (Å²) in [7, 11) is 0. The van der Waals surface area contributed by atoms with Gasteiger partial charge in [0.1, 0.15) is 11.6 Å². The van der Waals surface area contributed by atoms with Crippen molar-refractivity contribution in [3.63, 3.8) is 0 Å². The summed E-state index contributed by atoms with van der Waals surface area (Å²) < 4.78 is 0. The number of hydrogen-bond donors (Lipinski definition) is 0. The fraction of sp³-hybridized carbons (Fsp3) is 0.833. The highest BCUT2D eigenvalue weighted by Gasteiger charge is 2.47. The molecule has 2 aliphatic carbocycles. The maximum Gasteiger partial charge on any atom is 0.136 e. The van der Waals surface area contributed by atoms with E-state index >= 15 is 0 Å². The third kappa shape index (κ3) is 1.41. The van der Waals surface area contributed by atoms with Crippen LogP contribution in [0.1, 0.15) is 46.0 Å². The van der Waals surface area contributed by atoms with Gasteiger partial charge in [0.25, 0.3) is 0 Å². The first-order chi connectivity index (χ1) is 6.53. The second-order valence-electron chi connectivity index (χ2n) is 5.27. The first kappa shape index (κ1) is 9.88. The average Bonchev–Trinajstić information content (AvgIpc) is 2.12. The molecule has 0 saturated heterocycles. The first-order valence-electron chi connectivity index (χ1n) is 5.57. The maximum absolute atomic E-state index is 11.6. The molecule has 2 nitrogen and oxygen atoms in total. The lowest BCUT2D eigenvalue weighted by molar-refractivity contribution is -0.139. The van der Waals surface area contributed by atoms with Crippen LogP contribution in [0.3, 0.4) is 0 Å². The number of Topliss-reactive ketones (excluding diaryl/α,β-unsaturated/α-hetero) is 2. The molecule has 0 aromatic carbocycles. The van der Waals surface area contributed by atoms with E-state index in [4.69, 9.17) is 0 Å². The topological polar surface area (TPSA) is 34.1 Å². The lowest BCUT2D eigenvalue weighted by atomic mass is 9.56. The molecule has 2 rings (SSSR count). The van der Waals surface area contributed by atoms with E-state index in [1.807, 2.05) is 6.92 Å².